The summed E-state index contributed by atoms with van der Waals surface area (Å²) in [5, 5.41) is 19.7. The van der Waals surface area contributed by atoms with E-state index >= 15 is 0 Å². The number of rotatable bonds is 4. The number of piperazine rings is 1. The highest BCUT2D eigenvalue weighted by Gasteiger charge is 2.20. The molecule has 4 rings (SSSR count). The van der Waals surface area contributed by atoms with Crippen LogP contribution in [0.5, 0.6) is 5.88 Å². The second-order valence-corrected chi connectivity index (χ2v) is 7.55. The van der Waals surface area contributed by atoms with Gasteiger partial charge in [-0.05, 0) is 32.2 Å². The second-order valence-electron chi connectivity index (χ2n) is 7.55. The van der Waals surface area contributed by atoms with E-state index < -0.39 is 5.91 Å². The first-order valence-corrected chi connectivity index (χ1v) is 9.77. The Morgan fingerprint density at radius 2 is 1.72 bits per heavy atom. The van der Waals surface area contributed by atoms with Gasteiger partial charge in [0.1, 0.15) is 0 Å². The van der Waals surface area contributed by atoms with E-state index in [-0.39, 0.29) is 5.88 Å². The number of benzene rings is 2. The van der Waals surface area contributed by atoms with Crippen molar-refractivity contribution in [1.82, 2.24) is 14.4 Å². The minimum absolute atomic E-state index is 0.0329. The molecule has 0 bridgehead atoms. The van der Waals surface area contributed by atoms with Crippen LogP contribution >= 0.6 is 0 Å². The first-order valence-electron chi connectivity index (χ1n) is 9.77. The summed E-state index contributed by atoms with van der Waals surface area (Å²) < 4.78 is 1.84. The fraction of sp³-hybridized carbons (Fsp3) is 0.318. The number of likely N-dealkylation sites (N-methyl/N-ethyl adjacent to an activating group) is 1. The summed E-state index contributed by atoms with van der Waals surface area (Å²) in [6.45, 7) is 6.40. The number of aromatic hydroxyl groups is 1. The van der Waals surface area contributed by atoms with Crippen molar-refractivity contribution in [2.45, 2.75) is 13.6 Å². The Kier molecular flexibility index (Phi) is 5.42. The number of carbonyl (C=O) groups excluding carboxylic acids is 1. The molecule has 0 aliphatic carbocycles. The molecule has 1 amide bonds. The van der Waals surface area contributed by atoms with E-state index in [1.807, 2.05) is 47.9 Å². The topological polar surface area (TPSA) is 73.4 Å². The Morgan fingerprint density at radius 3 is 2.45 bits per heavy atom. The Bertz CT molecular complexity index is 1050. The number of amides is 1. The van der Waals surface area contributed by atoms with Gasteiger partial charge in [0.25, 0.3) is 5.91 Å². The van der Waals surface area contributed by atoms with Gasteiger partial charge < -0.3 is 10.0 Å². The fourth-order valence-corrected chi connectivity index (χ4v) is 3.55. The van der Waals surface area contributed by atoms with E-state index in [0.29, 0.717) is 17.9 Å². The number of fused-ring (bicyclic) bond motifs is 1. The molecule has 1 aliphatic rings. The predicted molar refractivity (Wildman–Crippen MR) is 113 cm³/mol. The lowest BCUT2D eigenvalue weighted by atomic mass is 10.1. The van der Waals surface area contributed by atoms with Crippen molar-refractivity contribution < 1.29 is 9.90 Å². The van der Waals surface area contributed by atoms with Crippen LogP contribution in [0.25, 0.3) is 10.9 Å². The molecule has 0 spiro atoms. The van der Waals surface area contributed by atoms with E-state index in [0.717, 1.165) is 42.6 Å². The Labute approximate surface area is 169 Å². The van der Waals surface area contributed by atoms with E-state index in [2.05, 4.69) is 27.1 Å². The lowest BCUT2D eigenvalue weighted by Crippen LogP contribution is -2.44. The first kappa shape index (κ1) is 19.3. The number of carbonyl (C=O) groups is 1. The van der Waals surface area contributed by atoms with Crippen molar-refractivity contribution >= 4 is 22.5 Å². The number of nitrogens with zero attached hydrogens (tertiary/aromatic N) is 5. The van der Waals surface area contributed by atoms with Crippen LogP contribution in [0.1, 0.15) is 15.9 Å². The summed E-state index contributed by atoms with van der Waals surface area (Å²) >= 11 is 0. The number of hydrogen-bond donors (Lipinski definition) is 1. The van der Waals surface area contributed by atoms with Crippen LogP contribution in [0.4, 0.5) is 5.69 Å². The Hall–Kier alpha value is -3.03. The molecule has 2 aromatic carbocycles. The highest BCUT2D eigenvalue weighted by molar-refractivity contribution is 5.97. The van der Waals surface area contributed by atoms with Crippen LogP contribution in [0.2, 0.25) is 0 Å². The second kappa shape index (κ2) is 8.14. The van der Waals surface area contributed by atoms with E-state index in [4.69, 9.17) is 0 Å². The molecule has 1 aliphatic heterocycles. The van der Waals surface area contributed by atoms with E-state index in [1.54, 1.807) is 12.1 Å². The third-order valence-corrected chi connectivity index (χ3v) is 5.39. The Balaban J connectivity index is 1.63. The molecule has 0 radical (unpaired) electrons. The summed E-state index contributed by atoms with van der Waals surface area (Å²) in [6, 6.07) is 14.8. The summed E-state index contributed by atoms with van der Waals surface area (Å²) in [4.78, 5) is 17.0. The van der Waals surface area contributed by atoms with Crippen molar-refractivity contribution in [2.75, 3.05) is 33.2 Å². The quantitative estimate of drug-likeness (QED) is 0.687. The third-order valence-electron chi connectivity index (χ3n) is 5.39. The van der Waals surface area contributed by atoms with Crippen LogP contribution in [0.3, 0.4) is 0 Å². The standard InChI is InChI=1S/C22H25N5O2/c1-16-7-9-17(10-8-16)21(28)24-23-20-18-5-3-4-6-19(18)27(22(20)29)15-26-13-11-25(2)12-14-26/h3-10,29H,11-15H2,1-2H3. The molecule has 29 heavy (non-hydrogen) atoms. The normalized spacial score (nSPS) is 16.1. The average molecular weight is 391 g/mol. The minimum atomic E-state index is -0.430. The highest BCUT2D eigenvalue weighted by atomic mass is 16.3. The van der Waals surface area contributed by atoms with Gasteiger partial charge in [-0.15, -0.1) is 10.2 Å². The maximum Gasteiger partial charge on any atom is 0.295 e. The van der Waals surface area contributed by atoms with Crippen molar-refractivity contribution in [1.29, 1.82) is 0 Å². The third kappa shape index (κ3) is 4.06. The molecule has 3 aromatic rings. The molecule has 1 saturated heterocycles. The Morgan fingerprint density at radius 1 is 1.03 bits per heavy atom. The first-order chi connectivity index (χ1) is 14.0. The fourth-order valence-electron chi connectivity index (χ4n) is 3.55. The number of para-hydroxylation sites is 1. The molecule has 0 saturated carbocycles. The summed E-state index contributed by atoms with van der Waals surface area (Å²) in [5.41, 5.74) is 2.75. The SMILES string of the molecule is Cc1ccc(C(=O)N=Nc2c(O)n(CN3CCN(C)CC3)c3ccccc23)cc1. The van der Waals surface area contributed by atoms with Crippen molar-refractivity contribution in [3.8, 4) is 5.88 Å². The number of hydrogen-bond acceptors (Lipinski definition) is 5. The van der Waals surface area contributed by atoms with Crippen molar-refractivity contribution in [3.05, 3.63) is 59.7 Å². The molecule has 2 heterocycles. The number of azo groups is 1. The molecule has 7 nitrogen and oxygen atoms in total. The molecule has 0 unspecified atom stereocenters. The lowest BCUT2D eigenvalue weighted by Gasteiger charge is -2.32. The molecule has 1 N–H and O–H groups in total. The van der Waals surface area contributed by atoms with Gasteiger partial charge in [0.2, 0.25) is 5.88 Å². The van der Waals surface area contributed by atoms with Gasteiger partial charge in [0.05, 0.1) is 12.2 Å². The van der Waals surface area contributed by atoms with Crippen LogP contribution in [0.15, 0.2) is 58.8 Å². The molecule has 1 aromatic heterocycles. The van der Waals surface area contributed by atoms with Gasteiger partial charge in [0, 0.05) is 37.1 Å². The molecular formula is C22H25N5O2. The average Bonchev–Trinajstić information content (AvgIpc) is 2.99. The molecule has 150 valence electrons. The monoisotopic (exact) mass is 391 g/mol. The van der Waals surface area contributed by atoms with Crippen LogP contribution in [-0.2, 0) is 6.67 Å². The van der Waals surface area contributed by atoms with Gasteiger partial charge in [-0.1, -0.05) is 35.9 Å². The lowest BCUT2D eigenvalue weighted by molar-refractivity contribution is 0.0995. The number of aryl methyl sites for hydroxylation is 1. The zero-order valence-electron chi connectivity index (χ0n) is 16.7. The predicted octanol–water partition coefficient (Wildman–Crippen LogP) is 3.78. The summed E-state index contributed by atoms with van der Waals surface area (Å²) in [6.07, 6.45) is 0. The van der Waals surface area contributed by atoms with Crippen LogP contribution < -0.4 is 0 Å². The number of aromatic nitrogens is 1. The zero-order chi connectivity index (χ0) is 20.4. The highest BCUT2D eigenvalue weighted by Crippen LogP contribution is 2.39. The summed E-state index contributed by atoms with van der Waals surface area (Å²) in [7, 11) is 2.11. The maximum absolute atomic E-state index is 12.4. The van der Waals surface area contributed by atoms with Gasteiger partial charge >= 0.3 is 0 Å². The minimum Gasteiger partial charge on any atom is -0.493 e. The molecular weight excluding hydrogens is 366 g/mol. The zero-order valence-corrected chi connectivity index (χ0v) is 16.7. The summed E-state index contributed by atoms with van der Waals surface area (Å²) in [5.74, 6) is -0.397. The van der Waals surface area contributed by atoms with Gasteiger partial charge in [0.15, 0.2) is 5.69 Å². The maximum atomic E-state index is 12.4. The van der Waals surface area contributed by atoms with Gasteiger partial charge in [-0.2, -0.15) is 0 Å². The van der Waals surface area contributed by atoms with E-state index in [1.165, 1.54) is 0 Å². The van der Waals surface area contributed by atoms with Gasteiger partial charge in [-0.25, -0.2) is 0 Å². The van der Waals surface area contributed by atoms with Crippen LogP contribution in [0, 0.1) is 6.92 Å². The molecule has 7 heteroatoms. The van der Waals surface area contributed by atoms with Crippen molar-refractivity contribution in [3.63, 3.8) is 0 Å². The van der Waals surface area contributed by atoms with Gasteiger partial charge in [-0.3, -0.25) is 14.3 Å². The van der Waals surface area contributed by atoms with Crippen LogP contribution in [-0.4, -0.2) is 58.6 Å². The van der Waals surface area contributed by atoms with Crippen molar-refractivity contribution in [2.24, 2.45) is 10.2 Å². The molecule has 1 fully saturated rings. The largest absolute Gasteiger partial charge is 0.493 e. The molecule has 0 atom stereocenters. The smallest absolute Gasteiger partial charge is 0.295 e. The van der Waals surface area contributed by atoms with E-state index in [9.17, 15) is 9.90 Å².